The first-order valence-electron chi connectivity index (χ1n) is 11.2. The van der Waals surface area contributed by atoms with E-state index >= 15 is 0 Å². The lowest BCUT2D eigenvalue weighted by molar-refractivity contribution is -0.0799. The summed E-state index contributed by atoms with van der Waals surface area (Å²) in [6, 6.07) is 7.71. The topological polar surface area (TPSA) is 60.9 Å². The van der Waals surface area contributed by atoms with E-state index < -0.39 is 25.7 Å². The van der Waals surface area contributed by atoms with Gasteiger partial charge in [-0.1, -0.05) is 32.9 Å². The van der Waals surface area contributed by atoms with Crippen LogP contribution in [0.2, 0.25) is 18.1 Å². The third kappa shape index (κ3) is 5.19. The SMILES string of the molecule is CC(C)(C)OC(=O)N1C(CO[Si](C)(C)C(C)(C)C)C(c2nc3ccccc3s2)OC1(C)C. The average molecular weight is 479 g/mol. The minimum atomic E-state index is -2.04. The van der Waals surface area contributed by atoms with Gasteiger partial charge in [-0.15, -0.1) is 11.3 Å². The highest BCUT2D eigenvalue weighted by molar-refractivity contribution is 7.18. The number of amides is 1. The molecular formula is C24H38N2O4SSi. The summed E-state index contributed by atoms with van der Waals surface area (Å²) < 4.78 is 20.0. The Balaban J connectivity index is 1.99. The van der Waals surface area contributed by atoms with Gasteiger partial charge in [0.1, 0.15) is 22.4 Å². The monoisotopic (exact) mass is 478 g/mol. The second-order valence-corrected chi connectivity index (χ2v) is 17.4. The van der Waals surface area contributed by atoms with Crippen LogP contribution in [0.1, 0.15) is 66.5 Å². The van der Waals surface area contributed by atoms with Gasteiger partial charge in [0, 0.05) is 0 Å². The Labute approximate surface area is 197 Å². The standard InChI is InChI=1S/C24H38N2O4SSi/c1-22(2,3)30-21(27)26-17(15-28-32(9,10)23(4,5)6)19(29-24(26,7)8)20-25-16-13-11-12-14-18(16)31-20/h11-14,17,19H,15H2,1-10H3. The number of fused-ring (bicyclic) bond motifs is 1. The predicted octanol–water partition coefficient (Wildman–Crippen LogP) is 6.73. The third-order valence-electron chi connectivity index (χ3n) is 6.24. The zero-order valence-electron chi connectivity index (χ0n) is 21.1. The molecule has 1 aliphatic heterocycles. The molecule has 1 aromatic heterocycles. The molecule has 32 heavy (non-hydrogen) atoms. The van der Waals surface area contributed by atoms with Gasteiger partial charge in [0.25, 0.3) is 0 Å². The molecule has 1 fully saturated rings. The molecule has 1 amide bonds. The fourth-order valence-electron chi connectivity index (χ4n) is 3.55. The Morgan fingerprint density at radius 2 is 1.81 bits per heavy atom. The van der Waals surface area contributed by atoms with Crippen molar-refractivity contribution in [3.8, 4) is 0 Å². The van der Waals surface area contributed by atoms with Crippen molar-refractivity contribution in [3.05, 3.63) is 29.3 Å². The van der Waals surface area contributed by atoms with Gasteiger partial charge >= 0.3 is 6.09 Å². The first-order chi connectivity index (χ1) is 14.5. The zero-order valence-corrected chi connectivity index (χ0v) is 22.9. The van der Waals surface area contributed by atoms with Gasteiger partial charge in [0.05, 0.1) is 22.9 Å². The molecule has 0 saturated carbocycles. The largest absolute Gasteiger partial charge is 0.444 e. The summed E-state index contributed by atoms with van der Waals surface area (Å²) in [7, 11) is -2.04. The normalized spacial score (nSPS) is 21.9. The molecule has 2 aromatic rings. The molecule has 1 saturated heterocycles. The molecule has 2 atom stereocenters. The summed E-state index contributed by atoms with van der Waals surface area (Å²) >= 11 is 1.61. The maximum atomic E-state index is 13.3. The van der Waals surface area contributed by atoms with Crippen molar-refractivity contribution in [2.45, 2.75) is 97.0 Å². The molecule has 0 bridgehead atoms. The number of hydrogen-bond acceptors (Lipinski definition) is 6. The van der Waals surface area contributed by atoms with E-state index in [0.717, 1.165) is 15.2 Å². The highest BCUT2D eigenvalue weighted by atomic mass is 32.1. The Bertz CT molecular complexity index is 941. The number of ether oxygens (including phenoxy) is 2. The lowest BCUT2D eigenvalue weighted by Gasteiger charge is -2.39. The fourth-order valence-corrected chi connectivity index (χ4v) is 5.62. The van der Waals surface area contributed by atoms with Crippen LogP contribution < -0.4 is 0 Å². The molecular weight excluding hydrogens is 440 g/mol. The molecule has 2 heterocycles. The maximum absolute atomic E-state index is 13.3. The number of carbonyl (C=O) groups excluding carboxylic acids is 1. The number of carbonyl (C=O) groups is 1. The fraction of sp³-hybridized carbons (Fsp3) is 0.667. The molecule has 0 radical (unpaired) electrons. The van der Waals surface area contributed by atoms with Crippen molar-refractivity contribution in [1.82, 2.24) is 9.88 Å². The van der Waals surface area contributed by atoms with Gasteiger partial charge in [-0.05, 0) is 64.9 Å². The second-order valence-electron chi connectivity index (χ2n) is 11.5. The van der Waals surface area contributed by atoms with Crippen LogP contribution in [0.4, 0.5) is 4.79 Å². The average Bonchev–Trinajstić information content (AvgIpc) is 3.15. The summed E-state index contributed by atoms with van der Waals surface area (Å²) in [6.45, 7) is 20.9. The molecule has 1 aromatic carbocycles. The van der Waals surface area contributed by atoms with E-state index in [1.807, 2.05) is 52.8 Å². The van der Waals surface area contributed by atoms with Crippen molar-refractivity contribution < 1.29 is 18.7 Å². The Morgan fingerprint density at radius 3 is 2.38 bits per heavy atom. The van der Waals surface area contributed by atoms with Crippen molar-refractivity contribution in [2.24, 2.45) is 0 Å². The summed E-state index contributed by atoms with van der Waals surface area (Å²) in [4.78, 5) is 19.9. The van der Waals surface area contributed by atoms with E-state index in [-0.39, 0.29) is 17.2 Å². The Kier molecular flexibility index (Phi) is 6.59. The number of thiazole rings is 1. The lowest BCUT2D eigenvalue weighted by Crippen LogP contribution is -2.53. The molecule has 178 valence electrons. The number of para-hydroxylation sites is 1. The quantitative estimate of drug-likeness (QED) is 0.456. The maximum Gasteiger partial charge on any atom is 0.413 e. The van der Waals surface area contributed by atoms with Crippen LogP contribution in [0.3, 0.4) is 0 Å². The van der Waals surface area contributed by atoms with Gasteiger partial charge in [-0.2, -0.15) is 0 Å². The van der Waals surface area contributed by atoms with Crippen LogP contribution in [-0.4, -0.2) is 48.3 Å². The number of rotatable bonds is 4. The molecule has 1 aliphatic rings. The van der Waals surface area contributed by atoms with Crippen LogP contribution >= 0.6 is 11.3 Å². The van der Waals surface area contributed by atoms with E-state index in [9.17, 15) is 4.79 Å². The minimum Gasteiger partial charge on any atom is -0.444 e. The number of benzene rings is 1. The molecule has 0 spiro atoms. The summed E-state index contributed by atoms with van der Waals surface area (Å²) in [6.07, 6.45) is -0.783. The van der Waals surface area contributed by atoms with E-state index in [0.29, 0.717) is 6.61 Å². The minimum absolute atomic E-state index is 0.0596. The summed E-state index contributed by atoms with van der Waals surface area (Å²) in [5, 5.41) is 0.915. The molecule has 3 rings (SSSR count). The van der Waals surface area contributed by atoms with Gasteiger partial charge in [-0.3, -0.25) is 4.90 Å². The van der Waals surface area contributed by atoms with Crippen LogP contribution in [-0.2, 0) is 13.9 Å². The van der Waals surface area contributed by atoms with Gasteiger partial charge in [-0.25, -0.2) is 9.78 Å². The molecule has 8 heteroatoms. The highest BCUT2D eigenvalue weighted by Gasteiger charge is 2.53. The Hall–Kier alpha value is -1.48. The lowest BCUT2D eigenvalue weighted by atomic mass is 10.1. The molecule has 0 aliphatic carbocycles. The Morgan fingerprint density at radius 1 is 1.19 bits per heavy atom. The summed E-state index contributed by atoms with van der Waals surface area (Å²) in [5.41, 5.74) is -0.521. The predicted molar refractivity (Wildman–Crippen MR) is 133 cm³/mol. The van der Waals surface area contributed by atoms with Crippen molar-refractivity contribution in [1.29, 1.82) is 0 Å². The molecule has 2 unspecified atom stereocenters. The number of nitrogens with zero attached hydrogens (tertiary/aromatic N) is 2. The summed E-state index contributed by atoms with van der Waals surface area (Å²) in [5.74, 6) is 0. The third-order valence-corrected chi connectivity index (χ3v) is 11.8. The van der Waals surface area contributed by atoms with Crippen LogP contribution in [0, 0.1) is 0 Å². The first-order valence-corrected chi connectivity index (χ1v) is 14.9. The number of aromatic nitrogens is 1. The van der Waals surface area contributed by atoms with Crippen LogP contribution in [0.5, 0.6) is 0 Å². The van der Waals surface area contributed by atoms with Crippen LogP contribution in [0.25, 0.3) is 10.2 Å². The second kappa shape index (κ2) is 8.38. The van der Waals surface area contributed by atoms with Crippen molar-refractivity contribution >= 4 is 36.0 Å². The van der Waals surface area contributed by atoms with Crippen molar-refractivity contribution in [2.75, 3.05) is 6.61 Å². The van der Waals surface area contributed by atoms with E-state index in [1.54, 1.807) is 16.2 Å². The van der Waals surface area contributed by atoms with Gasteiger partial charge < -0.3 is 13.9 Å². The van der Waals surface area contributed by atoms with Crippen molar-refractivity contribution in [3.63, 3.8) is 0 Å². The first kappa shape index (κ1) is 25.1. The zero-order chi connectivity index (χ0) is 24.1. The number of hydrogen-bond donors (Lipinski definition) is 0. The van der Waals surface area contributed by atoms with E-state index in [1.165, 1.54) is 0 Å². The molecule has 6 nitrogen and oxygen atoms in total. The highest BCUT2D eigenvalue weighted by Crippen LogP contribution is 2.45. The van der Waals surface area contributed by atoms with E-state index in [2.05, 4.69) is 39.9 Å². The smallest absolute Gasteiger partial charge is 0.413 e. The van der Waals surface area contributed by atoms with E-state index in [4.69, 9.17) is 18.9 Å². The van der Waals surface area contributed by atoms with Gasteiger partial charge in [0.15, 0.2) is 8.32 Å². The van der Waals surface area contributed by atoms with Crippen LogP contribution in [0.15, 0.2) is 24.3 Å². The van der Waals surface area contributed by atoms with Gasteiger partial charge in [0.2, 0.25) is 0 Å². The molecule has 0 N–H and O–H groups in total.